The molecule has 1 aliphatic carbocycles. The van der Waals surface area contributed by atoms with Crippen LogP contribution in [0.2, 0.25) is 0 Å². The zero-order valence-electron chi connectivity index (χ0n) is 10.8. The van der Waals surface area contributed by atoms with Crippen molar-refractivity contribution in [2.75, 3.05) is 0 Å². The van der Waals surface area contributed by atoms with E-state index in [-0.39, 0.29) is 0 Å². The maximum atomic E-state index is 4.93. The van der Waals surface area contributed by atoms with E-state index in [4.69, 9.17) is 17.0 Å². The van der Waals surface area contributed by atoms with Crippen molar-refractivity contribution in [3.05, 3.63) is 40.0 Å². The molecule has 0 aromatic heterocycles. The van der Waals surface area contributed by atoms with Gasteiger partial charge in [0, 0.05) is 0 Å². The number of halogens is 2. The van der Waals surface area contributed by atoms with Crippen molar-refractivity contribution in [2.45, 2.75) is 40.0 Å². The molecule has 1 aromatic carbocycles. The molecule has 17 heavy (non-hydrogen) atoms. The van der Waals surface area contributed by atoms with Gasteiger partial charge in [-0.05, 0) is 48.4 Å². The van der Waals surface area contributed by atoms with Crippen LogP contribution in [0.15, 0.2) is 17.7 Å². The van der Waals surface area contributed by atoms with E-state index in [9.17, 15) is 0 Å². The molecule has 0 heterocycles. The van der Waals surface area contributed by atoms with Crippen LogP contribution in [0.1, 0.15) is 48.9 Å². The molecule has 0 bridgehead atoms. The van der Waals surface area contributed by atoms with E-state index in [1.807, 2.05) is 0 Å². The SMILES string of the molecule is CC1=Cc2c(C(C)C)ccc(C)c2C1.[Cl][Zr][Cl]. The Bertz CT molecular complexity index is 422. The molecule has 3 heteroatoms. The third-order valence-corrected chi connectivity index (χ3v) is 3.09. The van der Waals surface area contributed by atoms with E-state index in [1.54, 1.807) is 5.56 Å². The zero-order chi connectivity index (χ0) is 13.0. The van der Waals surface area contributed by atoms with E-state index < -0.39 is 20.8 Å². The fourth-order valence-electron chi connectivity index (χ4n) is 2.28. The van der Waals surface area contributed by atoms with E-state index in [0.29, 0.717) is 5.92 Å². The minimum absolute atomic E-state index is 0.631. The standard InChI is InChI=1S/C14H18.2ClH.Zr/c1-9(2)12-6-5-11(4)13-7-10(3)8-14(12)13;;;/h5-6,8-9H,7H2,1-4H3;2*1H;/q;;;+2/p-2. The summed E-state index contributed by atoms with van der Waals surface area (Å²) in [6.45, 7) is 8.98. The average Bonchev–Trinajstić information content (AvgIpc) is 2.61. The second-order valence-corrected chi connectivity index (χ2v) is 8.49. The first-order valence-corrected chi connectivity index (χ1v) is 12.1. The van der Waals surface area contributed by atoms with Crippen LogP contribution in [-0.4, -0.2) is 0 Å². The van der Waals surface area contributed by atoms with Gasteiger partial charge in [0.2, 0.25) is 0 Å². The summed E-state index contributed by atoms with van der Waals surface area (Å²) in [7, 11) is 9.87. The van der Waals surface area contributed by atoms with E-state index in [1.165, 1.54) is 22.3 Å². The summed E-state index contributed by atoms with van der Waals surface area (Å²) in [6, 6.07) is 4.55. The second kappa shape index (κ2) is 7.12. The molecular weight excluding hydrogens is 330 g/mol. The summed E-state index contributed by atoms with van der Waals surface area (Å²) in [5.41, 5.74) is 7.49. The summed E-state index contributed by atoms with van der Waals surface area (Å²) in [5.74, 6) is 0.631. The van der Waals surface area contributed by atoms with Crippen LogP contribution < -0.4 is 0 Å². The zero-order valence-corrected chi connectivity index (χ0v) is 14.7. The predicted octanol–water partition coefficient (Wildman–Crippen LogP) is 5.45. The molecule has 1 aromatic rings. The molecule has 0 aliphatic heterocycles. The van der Waals surface area contributed by atoms with Crippen molar-refractivity contribution >= 4 is 23.1 Å². The van der Waals surface area contributed by atoms with Crippen LogP contribution >= 0.6 is 17.0 Å². The molecule has 0 N–H and O–H groups in total. The molecular formula is C14H18Cl2Zr. The number of hydrogen-bond donors (Lipinski definition) is 0. The van der Waals surface area contributed by atoms with Gasteiger partial charge in [-0.3, -0.25) is 0 Å². The number of rotatable bonds is 1. The van der Waals surface area contributed by atoms with Crippen molar-refractivity contribution in [3.63, 3.8) is 0 Å². The number of benzene rings is 1. The van der Waals surface area contributed by atoms with Crippen molar-refractivity contribution in [3.8, 4) is 0 Å². The van der Waals surface area contributed by atoms with E-state index in [2.05, 4.69) is 45.9 Å². The number of fused-ring (bicyclic) bond motifs is 1. The van der Waals surface area contributed by atoms with Crippen LogP contribution in [0.3, 0.4) is 0 Å². The van der Waals surface area contributed by atoms with Gasteiger partial charge in [-0.25, -0.2) is 0 Å². The van der Waals surface area contributed by atoms with Gasteiger partial charge in [-0.15, -0.1) is 0 Å². The molecule has 0 fully saturated rings. The maximum absolute atomic E-state index is 4.93. The van der Waals surface area contributed by atoms with Gasteiger partial charge >= 0.3 is 37.9 Å². The Morgan fingerprint density at radius 2 is 1.76 bits per heavy atom. The van der Waals surface area contributed by atoms with Gasteiger partial charge in [-0.2, -0.15) is 0 Å². The predicted molar refractivity (Wildman–Crippen MR) is 74.3 cm³/mol. The molecule has 92 valence electrons. The van der Waals surface area contributed by atoms with Crippen LogP contribution in [0.4, 0.5) is 0 Å². The minimum atomic E-state index is -0.826. The molecule has 0 nitrogen and oxygen atoms in total. The summed E-state index contributed by atoms with van der Waals surface area (Å²) in [4.78, 5) is 0. The molecule has 0 atom stereocenters. The van der Waals surface area contributed by atoms with E-state index >= 15 is 0 Å². The molecule has 0 saturated heterocycles. The Balaban J connectivity index is 0.000000437. The number of aryl methyl sites for hydroxylation is 1. The Morgan fingerprint density at radius 3 is 2.29 bits per heavy atom. The van der Waals surface area contributed by atoms with Crippen LogP contribution in [0, 0.1) is 6.92 Å². The molecule has 0 amide bonds. The number of hydrogen-bond acceptors (Lipinski definition) is 0. The molecule has 0 spiro atoms. The van der Waals surface area contributed by atoms with Crippen LogP contribution in [0.5, 0.6) is 0 Å². The van der Waals surface area contributed by atoms with Crippen molar-refractivity contribution in [2.24, 2.45) is 0 Å². The Kier molecular flexibility index (Phi) is 6.48. The van der Waals surface area contributed by atoms with Gasteiger partial charge in [-0.1, -0.05) is 37.6 Å². The topological polar surface area (TPSA) is 0 Å². The molecule has 0 unspecified atom stereocenters. The molecule has 0 saturated carbocycles. The Hall–Kier alpha value is 0.423. The van der Waals surface area contributed by atoms with E-state index in [0.717, 1.165) is 6.42 Å². The summed E-state index contributed by atoms with van der Waals surface area (Å²) >= 11 is -0.826. The van der Waals surface area contributed by atoms with Gasteiger partial charge in [0.25, 0.3) is 0 Å². The van der Waals surface area contributed by atoms with Crippen LogP contribution in [0.25, 0.3) is 6.08 Å². The third-order valence-electron chi connectivity index (χ3n) is 3.09. The first kappa shape index (κ1) is 15.5. The fraction of sp³-hybridized carbons (Fsp3) is 0.429. The van der Waals surface area contributed by atoms with Gasteiger partial charge in [0.15, 0.2) is 0 Å². The first-order valence-electron chi connectivity index (χ1n) is 5.77. The normalized spacial score (nSPS) is 12.8. The fourth-order valence-corrected chi connectivity index (χ4v) is 2.28. The quantitative estimate of drug-likeness (QED) is 0.633. The summed E-state index contributed by atoms with van der Waals surface area (Å²) in [6.07, 6.45) is 3.51. The molecule has 2 rings (SSSR count). The van der Waals surface area contributed by atoms with Crippen molar-refractivity contribution in [1.29, 1.82) is 0 Å². The number of allylic oxidation sites excluding steroid dienone is 1. The van der Waals surface area contributed by atoms with Crippen molar-refractivity contribution in [1.82, 2.24) is 0 Å². The monoisotopic (exact) mass is 346 g/mol. The van der Waals surface area contributed by atoms with Gasteiger partial charge < -0.3 is 0 Å². The summed E-state index contributed by atoms with van der Waals surface area (Å²) in [5, 5.41) is 0. The average molecular weight is 348 g/mol. The van der Waals surface area contributed by atoms with Gasteiger partial charge in [0.1, 0.15) is 0 Å². The molecule has 0 radical (unpaired) electrons. The Morgan fingerprint density at radius 1 is 1.18 bits per heavy atom. The van der Waals surface area contributed by atoms with Crippen LogP contribution in [-0.2, 0) is 27.3 Å². The second-order valence-electron chi connectivity index (χ2n) is 4.76. The third kappa shape index (κ3) is 3.95. The first-order chi connectivity index (χ1) is 8.01. The summed E-state index contributed by atoms with van der Waals surface area (Å²) < 4.78 is 0. The van der Waals surface area contributed by atoms with Crippen molar-refractivity contribution < 1.29 is 20.8 Å². The Labute approximate surface area is 123 Å². The van der Waals surface area contributed by atoms with Gasteiger partial charge in [0.05, 0.1) is 0 Å². The molecule has 1 aliphatic rings.